The Hall–Kier alpha value is -1.46. The lowest BCUT2D eigenvalue weighted by atomic mass is 10.1. The summed E-state index contributed by atoms with van der Waals surface area (Å²) in [6, 6.07) is 7.02. The smallest absolute Gasteiger partial charge is 0.269 e. The second-order valence-electron chi connectivity index (χ2n) is 5.78. The molecule has 0 spiro atoms. The van der Waals surface area contributed by atoms with Gasteiger partial charge in [0, 0.05) is 31.3 Å². The summed E-state index contributed by atoms with van der Waals surface area (Å²) in [6.07, 6.45) is 5.32. The Kier molecular flexibility index (Phi) is 6.14. The van der Waals surface area contributed by atoms with Gasteiger partial charge in [0.05, 0.1) is 4.92 Å². The Balaban J connectivity index is 1.79. The number of hydrogen-bond acceptors (Lipinski definition) is 4. The van der Waals surface area contributed by atoms with Gasteiger partial charge in [-0.15, -0.1) is 0 Å². The molecule has 1 aliphatic heterocycles. The van der Waals surface area contributed by atoms with Gasteiger partial charge in [-0.2, -0.15) is 0 Å². The fourth-order valence-corrected chi connectivity index (χ4v) is 2.82. The highest BCUT2D eigenvalue weighted by molar-refractivity contribution is 5.35. The van der Waals surface area contributed by atoms with Crippen LogP contribution in [0.1, 0.15) is 44.2 Å². The number of nitro groups is 1. The number of nitro benzene ring substituents is 1. The zero-order valence-corrected chi connectivity index (χ0v) is 12.8. The summed E-state index contributed by atoms with van der Waals surface area (Å²) >= 11 is 0. The Morgan fingerprint density at radius 1 is 1.29 bits per heavy atom. The van der Waals surface area contributed by atoms with Crippen molar-refractivity contribution in [1.82, 2.24) is 10.2 Å². The van der Waals surface area contributed by atoms with E-state index >= 15 is 0 Å². The first-order valence-electron chi connectivity index (χ1n) is 7.87. The van der Waals surface area contributed by atoms with Gasteiger partial charge in [-0.05, 0) is 38.4 Å². The van der Waals surface area contributed by atoms with E-state index in [4.69, 9.17) is 0 Å². The number of benzene rings is 1. The van der Waals surface area contributed by atoms with Crippen molar-refractivity contribution in [1.29, 1.82) is 0 Å². The lowest BCUT2D eigenvalue weighted by Gasteiger charge is -2.21. The van der Waals surface area contributed by atoms with Crippen LogP contribution in [0.25, 0.3) is 0 Å². The van der Waals surface area contributed by atoms with E-state index in [9.17, 15) is 10.1 Å². The van der Waals surface area contributed by atoms with Gasteiger partial charge >= 0.3 is 0 Å². The van der Waals surface area contributed by atoms with Crippen molar-refractivity contribution in [3.05, 3.63) is 39.9 Å². The second-order valence-corrected chi connectivity index (χ2v) is 5.78. The lowest BCUT2D eigenvalue weighted by Crippen LogP contribution is -2.33. The SMILES string of the molecule is CC(NCCN1CCCCCC1)c1cccc([N+](=O)[O-])c1. The molecule has 1 saturated heterocycles. The summed E-state index contributed by atoms with van der Waals surface area (Å²) in [5, 5.41) is 14.3. The molecule has 0 aromatic heterocycles. The van der Waals surface area contributed by atoms with Crippen LogP contribution in [0, 0.1) is 10.1 Å². The normalized spacial score (nSPS) is 18.1. The molecule has 1 N–H and O–H groups in total. The van der Waals surface area contributed by atoms with Crippen molar-refractivity contribution in [2.75, 3.05) is 26.2 Å². The number of hydrogen-bond donors (Lipinski definition) is 1. The number of nitrogens with one attached hydrogen (secondary N) is 1. The van der Waals surface area contributed by atoms with Gasteiger partial charge in [0.15, 0.2) is 0 Å². The van der Waals surface area contributed by atoms with Crippen molar-refractivity contribution < 1.29 is 4.92 Å². The quantitative estimate of drug-likeness (QED) is 0.646. The zero-order valence-electron chi connectivity index (χ0n) is 12.8. The molecule has 116 valence electrons. The topological polar surface area (TPSA) is 58.4 Å². The van der Waals surface area contributed by atoms with Gasteiger partial charge in [0.25, 0.3) is 5.69 Å². The molecule has 2 rings (SSSR count). The minimum Gasteiger partial charge on any atom is -0.309 e. The minimum absolute atomic E-state index is 0.136. The average Bonchev–Trinajstić information content (AvgIpc) is 2.76. The van der Waals surface area contributed by atoms with Crippen LogP contribution in [0.3, 0.4) is 0 Å². The first kappa shape index (κ1) is 15.9. The summed E-state index contributed by atoms with van der Waals surface area (Å²) in [4.78, 5) is 13.0. The summed E-state index contributed by atoms with van der Waals surface area (Å²) in [5.41, 5.74) is 1.13. The molecule has 5 nitrogen and oxygen atoms in total. The molecule has 1 aromatic carbocycles. The van der Waals surface area contributed by atoms with Crippen LogP contribution in [0.15, 0.2) is 24.3 Å². The monoisotopic (exact) mass is 291 g/mol. The van der Waals surface area contributed by atoms with E-state index in [0.717, 1.165) is 18.7 Å². The predicted molar refractivity (Wildman–Crippen MR) is 84.4 cm³/mol. The molecule has 0 saturated carbocycles. The van der Waals surface area contributed by atoms with Gasteiger partial charge in [0.1, 0.15) is 0 Å². The summed E-state index contributed by atoms with van der Waals surface area (Å²) in [7, 11) is 0. The van der Waals surface area contributed by atoms with Gasteiger partial charge in [-0.3, -0.25) is 10.1 Å². The Labute approximate surface area is 126 Å². The van der Waals surface area contributed by atoms with E-state index in [-0.39, 0.29) is 16.7 Å². The molecule has 0 amide bonds. The minimum atomic E-state index is -0.340. The van der Waals surface area contributed by atoms with Gasteiger partial charge < -0.3 is 10.2 Å². The summed E-state index contributed by atoms with van der Waals surface area (Å²) in [6.45, 7) is 6.43. The van der Waals surface area contributed by atoms with E-state index in [0.29, 0.717) is 0 Å². The maximum absolute atomic E-state index is 10.8. The van der Waals surface area contributed by atoms with Crippen LogP contribution in [0.4, 0.5) is 5.69 Å². The van der Waals surface area contributed by atoms with E-state index in [2.05, 4.69) is 17.1 Å². The van der Waals surface area contributed by atoms with Gasteiger partial charge in [-0.25, -0.2) is 0 Å². The zero-order chi connectivity index (χ0) is 15.1. The van der Waals surface area contributed by atoms with Crippen molar-refractivity contribution in [3.63, 3.8) is 0 Å². The largest absolute Gasteiger partial charge is 0.309 e. The second kappa shape index (κ2) is 8.10. The van der Waals surface area contributed by atoms with Crippen LogP contribution in [0.5, 0.6) is 0 Å². The fraction of sp³-hybridized carbons (Fsp3) is 0.625. The molecule has 1 aromatic rings. The van der Waals surface area contributed by atoms with E-state index in [1.807, 2.05) is 6.07 Å². The van der Waals surface area contributed by atoms with Crippen molar-refractivity contribution in [3.8, 4) is 0 Å². The molecule has 0 radical (unpaired) electrons. The summed E-state index contributed by atoms with van der Waals surface area (Å²) < 4.78 is 0. The average molecular weight is 291 g/mol. The molecule has 0 bridgehead atoms. The third kappa shape index (κ3) is 5.10. The van der Waals surface area contributed by atoms with E-state index in [1.54, 1.807) is 12.1 Å². The van der Waals surface area contributed by atoms with Crippen molar-refractivity contribution in [2.24, 2.45) is 0 Å². The van der Waals surface area contributed by atoms with Crippen LogP contribution < -0.4 is 5.32 Å². The Bertz CT molecular complexity index is 457. The fourth-order valence-electron chi connectivity index (χ4n) is 2.82. The number of likely N-dealkylation sites (tertiary alicyclic amines) is 1. The predicted octanol–water partition coefficient (Wildman–Crippen LogP) is 3.12. The molecule has 1 unspecified atom stereocenters. The highest BCUT2D eigenvalue weighted by atomic mass is 16.6. The number of nitrogens with zero attached hydrogens (tertiary/aromatic N) is 2. The van der Waals surface area contributed by atoms with E-state index in [1.165, 1.54) is 44.8 Å². The maximum atomic E-state index is 10.8. The van der Waals surface area contributed by atoms with Crippen LogP contribution in [0.2, 0.25) is 0 Å². The Morgan fingerprint density at radius 2 is 2.00 bits per heavy atom. The Morgan fingerprint density at radius 3 is 2.67 bits per heavy atom. The molecule has 21 heavy (non-hydrogen) atoms. The first-order valence-corrected chi connectivity index (χ1v) is 7.87. The molecule has 0 aliphatic carbocycles. The molecule has 1 heterocycles. The molecule has 5 heteroatoms. The first-order chi connectivity index (χ1) is 10.2. The maximum Gasteiger partial charge on any atom is 0.269 e. The van der Waals surface area contributed by atoms with Crippen LogP contribution >= 0.6 is 0 Å². The van der Waals surface area contributed by atoms with Crippen molar-refractivity contribution in [2.45, 2.75) is 38.6 Å². The van der Waals surface area contributed by atoms with Crippen LogP contribution in [-0.4, -0.2) is 36.0 Å². The van der Waals surface area contributed by atoms with Gasteiger partial charge in [-0.1, -0.05) is 25.0 Å². The highest BCUT2D eigenvalue weighted by Gasteiger charge is 2.12. The molecule has 1 fully saturated rings. The summed E-state index contributed by atoms with van der Waals surface area (Å²) in [5.74, 6) is 0. The molecule has 1 atom stereocenters. The number of non-ortho nitro benzene ring substituents is 1. The third-order valence-corrected chi connectivity index (χ3v) is 4.16. The third-order valence-electron chi connectivity index (χ3n) is 4.16. The highest BCUT2D eigenvalue weighted by Crippen LogP contribution is 2.18. The van der Waals surface area contributed by atoms with E-state index < -0.39 is 0 Å². The molecule has 1 aliphatic rings. The standard InChI is InChI=1S/C16H25N3O2/c1-14(15-7-6-8-16(13-15)19(20)21)17-9-12-18-10-4-2-3-5-11-18/h6-8,13-14,17H,2-5,9-12H2,1H3. The van der Waals surface area contributed by atoms with Crippen molar-refractivity contribution >= 4 is 5.69 Å². The van der Waals surface area contributed by atoms with Crippen LogP contribution in [-0.2, 0) is 0 Å². The number of rotatable bonds is 6. The molecular weight excluding hydrogens is 266 g/mol. The lowest BCUT2D eigenvalue weighted by molar-refractivity contribution is -0.384. The van der Waals surface area contributed by atoms with Gasteiger partial charge in [0.2, 0.25) is 0 Å². The molecular formula is C16H25N3O2.